The summed E-state index contributed by atoms with van der Waals surface area (Å²) in [5.41, 5.74) is 0. The Balaban J connectivity index is 1.67. The quantitative estimate of drug-likeness (QED) is 0.726. The maximum Gasteiger partial charge on any atom is 0.223 e. The van der Waals surface area contributed by atoms with Gasteiger partial charge in [0.15, 0.2) is 5.82 Å². The molecular weight excluding hydrogens is 282 g/mol. The second kappa shape index (κ2) is 7.69. The minimum atomic E-state index is 0.165. The van der Waals surface area contributed by atoms with Crippen molar-refractivity contribution in [1.82, 2.24) is 24.8 Å². The molecule has 1 aliphatic rings. The first kappa shape index (κ1) is 16.9. The predicted octanol–water partition coefficient (Wildman–Crippen LogP) is 0.405. The summed E-state index contributed by atoms with van der Waals surface area (Å²) in [6.45, 7) is 5.43. The molecule has 0 radical (unpaired) electrons. The van der Waals surface area contributed by atoms with Crippen LogP contribution in [0.4, 0.5) is 0 Å². The van der Waals surface area contributed by atoms with Gasteiger partial charge in [0.2, 0.25) is 11.8 Å². The molecule has 1 saturated heterocycles. The van der Waals surface area contributed by atoms with Gasteiger partial charge in [0.1, 0.15) is 0 Å². The van der Waals surface area contributed by atoms with Crippen molar-refractivity contribution in [2.24, 2.45) is 0 Å². The van der Waals surface area contributed by atoms with Gasteiger partial charge in [-0.3, -0.25) is 4.79 Å². The van der Waals surface area contributed by atoms with Gasteiger partial charge in [0.25, 0.3) is 0 Å². The fourth-order valence-electron chi connectivity index (χ4n) is 2.75. The predicted molar refractivity (Wildman–Crippen MR) is 83.5 cm³/mol. The molecule has 124 valence electrons. The largest absolute Gasteiger partial charge is 0.345 e. The molecule has 0 spiro atoms. The van der Waals surface area contributed by atoms with E-state index in [4.69, 9.17) is 4.52 Å². The molecule has 2 heterocycles. The Morgan fingerprint density at radius 2 is 2.18 bits per heavy atom. The fraction of sp³-hybridized carbons (Fsp3) is 0.800. The zero-order chi connectivity index (χ0) is 16.1. The molecule has 0 aromatic carbocycles. The van der Waals surface area contributed by atoms with Crippen LogP contribution >= 0.6 is 0 Å². The highest BCUT2D eigenvalue weighted by Crippen LogP contribution is 2.12. The van der Waals surface area contributed by atoms with E-state index >= 15 is 0 Å². The van der Waals surface area contributed by atoms with Gasteiger partial charge in [-0.25, -0.2) is 0 Å². The number of hydrogen-bond acceptors (Lipinski definition) is 6. The van der Waals surface area contributed by atoms with Crippen LogP contribution < -0.4 is 0 Å². The lowest BCUT2D eigenvalue weighted by Gasteiger charge is -2.25. The molecule has 1 aromatic heterocycles. The minimum absolute atomic E-state index is 0.165. The smallest absolute Gasteiger partial charge is 0.223 e. The van der Waals surface area contributed by atoms with Gasteiger partial charge in [-0.2, -0.15) is 4.98 Å². The van der Waals surface area contributed by atoms with E-state index in [0.29, 0.717) is 37.1 Å². The number of likely N-dealkylation sites (tertiary alicyclic amines) is 1. The van der Waals surface area contributed by atoms with E-state index in [9.17, 15) is 4.79 Å². The summed E-state index contributed by atoms with van der Waals surface area (Å²) >= 11 is 0. The average molecular weight is 309 g/mol. The first-order valence-electron chi connectivity index (χ1n) is 7.87. The lowest BCUT2D eigenvalue weighted by molar-refractivity contribution is -0.130. The molecule has 0 aliphatic carbocycles. The van der Waals surface area contributed by atoms with E-state index < -0.39 is 0 Å². The summed E-state index contributed by atoms with van der Waals surface area (Å²) < 4.78 is 4.93. The molecule has 1 amide bonds. The Morgan fingerprint density at radius 3 is 2.77 bits per heavy atom. The van der Waals surface area contributed by atoms with Crippen LogP contribution in [-0.4, -0.2) is 84.1 Å². The van der Waals surface area contributed by atoms with Crippen molar-refractivity contribution in [3.63, 3.8) is 0 Å². The summed E-state index contributed by atoms with van der Waals surface area (Å²) in [5, 5.41) is 3.84. The SMILES string of the molecule is Cc1nc(CCN(C)C(=O)CCN(C)C2CCN(C)C2)no1. The summed E-state index contributed by atoms with van der Waals surface area (Å²) in [7, 11) is 6.09. The molecular formula is C15H27N5O2. The Hall–Kier alpha value is -1.47. The highest BCUT2D eigenvalue weighted by molar-refractivity contribution is 5.76. The summed E-state index contributed by atoms with van der Waals surface area (Å²) in [5.74, 6) is 1.38. The first-order chi connectivity index (χ1) is 10.5. The lowest BCUT2D eigenvalue weighted by atomic mass is 10.2. The molecule has 1 fully saturated rings. The van der Waals surface area contributed by atoms with Gasteiger partial charge in [-0.1, -0.05) is 5.16 Å². The Bertz CT molecular complexity index is 490. The zero-order valence-electron chi connectivity index (χ0n) is 14.1. The monoisotopic (exact) mass is 309 g/mol. The molecule has 1 unspecified atom stereocenters. The van der Waals surface area contributed by atoms with Gasteiger partial charge in [-0.15, -0.1) is 0 Å². The number of carbonyl (C=O) groups excluding carboxylic acids is 1. The van der Waals surface area contributed by atoms with Gasteiger partial charge in [0.05, 0.1) is 0 Å². The van der Waals surface area contributed by atoms with Gasteiger partial charge >= 0.3 is 0 Å². The number of nitrogens with zero attached hydrogens (tertiary/aromatic N) is 5. The highest BCUT2D eigenvalue weighted by Gasteiger charge is 2.23. The summed E-state index contributed by atoms with van der Waals surface area (Å²) in [4.78, 5) is 22.7. The number of hydrogen-bond donors (Lipinski definition) is 0. The zero-order valence-corrected chi connectivity index (χ0v) is 14.1. The number of likely N-dealkylation sites (N-methyl/N-ethyl adjacent to an activating group) is 3. The number of carbonyl (C=O) groups is 1. The van der Waals surface area contributed by atoms with Crippen molar-refractivity contribution in [3.8, 4) is 0 Å². The Labute approximate surface area is 132 Å². The van der Waals surface area contributed by atoms with Crippen LogP contribution in [0, 0.1) is 6.92 Å². The number of rotatable bonds is 7. The second-order valence-corrected chi connectivity index (χ2v) is 6.23. The van der Waals surface area contributed by atoms with Crippen molar-refractivity contribution in [2.45, 2.75) is 32.2 Å². The van der Waals surface area contributed by atoms with Gasteiger partial charge < -0.3 is 19.2 Å². The van der Waals surface area contributed by atoms with E-state index in [0.717, 1.165) is 19.6 Å². The van der Waals surface area contributed by atoms with E-state index in [-0.39, 0.29) is 5.91 Å². The van der Waals surface area contributed by atoms with E-state index in [2.05, 4.69) is 34.0 Å². The van der Waals surface area contributed by atoms with E-state index in [1.807, 2.05) is 7.05 Å². The van der Waals surface area contributed by atoms with Crippen LogP contribution in [-0.2, 0) is 11.2 Å². The third-order valence-electron chi connectivity index (χ3n) is 4.33. The number of aromatic nitrogens is 2. The molecule has 22 heavy (non-hydrogen) atoms. The molecule has 0 N–H and O–H groups in total. The van der Waals surface area contributed by atoms with E-state index in [1.165, 1.54) is 6.42 Å². The molecule has 1 atom stereocenters. The van der Waals surface area contributed by atoms with Crippen LogP contribution in [0.2, 0.25) is 0 Å². The molecule has 0 saturated carbocycles. The standard InChI is InChI=1S/C15H27N5O2/c1-12-16-14(17-22-12)6-9-20(4)15(21)7-10-19(3)13-5-8-18(2)11-13/h13H,5-11H2,1-4H3. The van der Waals surface area contributed by atoms with Crippen LogP contribution in [0.5, 0.6) is 0 Å². The maximum atomic E-state index is 12.2. The lowest BCUT2D eigenvalue weighted by Crippen LogP contribution is -2.37. The van der Waals surface area contributed by atoms with Crippen molar-refractivity contribution in [3.05, 3.63) is 11.7 Å². The van der Waals surface area contributed by atoms with E-state index in [1.54, 1.807) is 11.8 Å². The second-order valence-electron chi connectivity index (χ2n) is 6.23. The summed E-state index contributed by atoms with van der Waals surface area (Å²) in [6.07, 6.45) is 2.37. The van der Waals surface area contributed by atoms with Crippen molar-refractivity contribution < 1.29 is 9.32 Å². The van der Waals surface area contributed by atoms with Crippen molar-refractivity contribution >= 4 is 5.91 Å². The normalized spacial score (nSPS) is 19.0. The topological polar surface area (TPSA) is 65.7 Å². The third-order valence-corrected chi connectivity index (χ3v) is 4.33. The van der Waals surface area contributed by atoms with Crippen LogP contribution in [0.3, 0.4) is 0 Å². The van der Waals surface area contributed by atoms with Crippen LogP contribution in [0.1, 0.15) is 24.6 Å². The minimum Gasteiger partial charge on any atom is -0.345 e. The fourth-order valence-corrected chi connectivity index (χ4v) is 2.75. The van der Waals surface area contributed by atoms with Crippen molar-refractivity contribution in [1.29, 1.82) is 0 Å². The van der Waals surface area contributed by atoms with Gasteiger partial charge in [0, 0.05) is 52.5 Å². The molecule has 1 aliphatic heterocycles. The summed E-state index contributed by atoms with van der Waals surface area (Å²) in [6, 6.07) is 0.574. The molecule has 2 rings (SSSR count). The molecule has 7 heteroatoms. The number of aryl methyl sites for hydroxylation is 1. The average Bonchev–Trinajstić information content (AvgIpc) is 3.10. The molecule has 7 nitrogen and oxygen atoms in total. The third kappa shape index (κ3) is 4.78. The van der Waals surface area contributed by atoms with Crippen LogP contribution in [0.25, 0.3) is 0 Å². The Kier molecular flexibility index (Phi) is 5.90. The maximum absolute atomic E-state index is 12.2. The number of amides is 1. The van der Waals surface area contributed by atoms with Crippen LogP contribution in [0.15, 0.2) is 4.52 Å². The Morgan fingerprint density at radius 1 is 1.41 bits per heavy atom. The molecule has 1 aromatic rings. The first-order valence-corrected chi connectivity index (χ1v) is 7.87. The highest BCUT2D eigenvalue weighted by atomic mass is 16.5. The molecule has 0 bridgehead atoms. The van der Waals surface area contributed by atoms with Crippen molar-refractivity contribution in [2.75, 3.05) is 47.3 Å². The van der Waals surface area contributed by atoms with Gasteiger partial charge in [-0.05, 0) is 27.1 Å².